The number of pyridine rings is 1. The lowest BCUT2D eigenvalue weighted by atomic mass is 10.1. The minimum atomic E-state index is -0.840. The van der Waals surface area contributed by atoms with Crippen molar-refractivity contribution in [1.29, 1.82) is 0 Å². The minimum Gasteiger partial charge on any atom is -0.462 e. The Balaban J connectivity index is 2.23. The first-order valence-electron chi connectivity index (χ1n) is 7.85. The lowest BCUT2D eigenvalue weighted by molar-refractivity contribution is 0.0524. The van der Waals surface area contributed by atoms with Crippen molar-refractivity contribution in [3.05, 3.63) is 80.1 Å². The van der Waals surface area contributed by atoms with Crippen molar-refractivity contribution in [3.8, 4) is 0 Å². The zero-order valence-corrected chi connectivity index (χ0v) is 15.3. The quantitative estimate of drug-likeness (QED) is 0.591. The van der Waals surface area contributed by atoms with Gasteiger partial charge in [-0.1, -0.05) is 28.1 Å². The number of hydrogen-bond acceptors (Lipinski definition) is 3. The van der Waals surface area contributed by atoms with Gasteiger partial charge in [0.25, 0.3) is 0 Å². The molecule has 0 atom stereocenters. The summed E-state index contributed by atoms with van der Waals surface area (Å²) in [5.41, 5.74) is -0.436. The molecule has 0 aliphatic carbocycles. The summed E-state index contributed by atoms with van der Waals surface area (Å²) in [5, 5.41) is -0.226. The summed E-state index contributed by atoms with van der Waals surface area (Å²) in [4.78, 5) is 24.6. The Labute approximate surface area is 156 Å². The second-order valence-corrected chi connectivity index (χ2v) is 6.51. The molecule has 3 rings (SSSR count). The van der Waals surface area contributed by atoms with Crippen LogP contribution in [-0.4, -0.2) is 17.1 Å². The van der Waals surface area contributed by atoms with Crippen LogP contribution in [0.3, 0.4) is 0 Å². The van der Waals surface area contributed by atoms with E-state index in [0.29, 0.717) is 10.0 Å². The zero-order valence-electron chi connectivity index (χ0n) is 13.8. The van der Waals surface area contributed by atoms with E-state index in [1.54, 1.807) is 25.1 Å². The molecular weight excluding hydrogens is 408 g/mol. The van der Waals surface area contributed by atoms with Crippen LogP contribution in [0.15, 0.2) is 51.9 Å². The Hall–Kier alpha value is -2.54. The molecule has 0 fully saturated rings. The molecule has 0 unspecified atom stereocenters. The molecule has 1 aromatic heterocycles. The van der Waals surface area contributed by atoms with Crippen molar-refractivity contribution in [1.82, 2.24) is 4.57 Å². The molecule has 0 radical (unpaired) electrons. The van der Waals surface area contributed by atoms with E-state index in [-0.39, 0.29) is 29.6 Å². The molecule has 1 heterocycles. The smallest absolute Gasteiger partial charge is 0.343 e. The lowest BCUT2D eigenvalue weighted by Gasteiger charge is -2.14. The second kappa shape index (κ2) is 7.37. The molecule has 4 nitrogen and oxygen atoms in total. The van der Waals surface area contributed by atoms with Gasteiger partial charge in [-0.15, -0.1) is 0 Å². The maximum atomic E-state index is 14.3. The molecule has 0 aliphatic rings. The number of esters is 1. The van der Waals surface area contributed by atoms with Gasteiger partial charge in [-0.25, -0.2) is 13.6 Å². The van der Waals surface area contributed by atoms with E-state index in [4.69, 9.17) is 4.74 Å². The summed E-state index contributed by atoms with van der Waals surface area (Å²) in [6, 6.07) is 8.71. The van der Waals surface area contributed by atoms with Crippen LogP contribution in [0.5, 0.6) is 0 Å². The molecule has 0 bridgehead atoms. The van der Waals surface area contributed by atoms with Crippen LogP contribution in [0.4, 0.5) is 8.78 Å². The first-order chi connectivity index (χ1) is 12.4. The van der Waals surface area contributed by atoms with Crippen LogP contribution in [0.2, 0.25) is 0 Å². The Morgan fingerprint density at radius 1 is 1.19 bits per heavy atom. The topological polar surface area (TPSA) is 48.3 Å². The minimum absolute atomic E-state index is 0.0196. The van der Waals surface area contributed by atoms with E-state index in [2.05, 4.69) is 15.9 Å². The maximum Gasteiger partial charge on any atom is 0.343 e. The van der Waals surface area contributed by atoms with Crippen molar-refractivity contribution in [2.24, 2.45) is 0 Å². The number of carbonyl (C=O) groups is 1. The number of halogens is 3. The highest BCUT2D eigenvalue weighted by Gasteiger charge is 2.19. The molecule has 0 amide bonds. The molecule has 26 heavy (non-hydrogen) atoms. The van der Waals surface area contributed by atoms with Gasteiger partial charge in [-0.05, 0) is 31.2 Å². The number of hydrogen-bond donors (Lipinski definition) is 0. The third-order valence-corrected chi connectivity index (χ3v) is 4.40. The zero-order chi connectivity index (χ0) is 18.8. The van der Waals surface area contributed by atoms with Crippen LogP contribution in [0.25, 0.3) is 10.9 Å². The highest BCUT2D eigenvalue weighted by Crippen LogP contribution is 2.20. The number of nitrogens with zero attached hydrogens (tertiary/aromatic N) is 1. The van der Waals surface area contributed by atoms with Gasteiger partial charge in [0.1, 0.15) is 17.2 Å². The predicted molar refractivity (Wildman–Crippen MR) is 97.3 cm³/mol. The first kappa shape index (κ1) is 18.3. The number of carbonyl (C=O) groups excluding carboxylic acids is 1. The highest BCUT2D eigenvalue weighted by atomic mass is 79.9. The fraction of sp³-hybridized carbons (Fsp3) is 0.158. The van der Waals surface area contributed by atoms with Gasteiger partial charge in [-0.3, -0.25) is 4.79 Å². The molecule has 3 aromatic rings. The van der Waals surface area contributed by atoms with Crippen molar-refractivity contribution in [2.75, 3.05) is 6.61 Å². The summed E-state index contributed by atoms with van der Waals surface area (Å²) >= 11 is 3.19. The molecule has 0 spiro atoms. The summed E-state index contributed by atoms with van der Waals surface area (Å²) in [6.07, 6.45) is 1.28. The van der Waals surface area contributed by atoms with E-state index < -0.39 is 23.0 Å². The summed E-state index contributed by atoms with van der Waals surface area (Å²) in [6.45, 7) is 1.70. The molecular formula is C19H14BrF2NO3. The fourth-order valence-electron chi connectivity index (χ4n) is 2.71. The first-order valence-corrected chi connectivity index (χ1v) is 8.64. The summed E-state index contributed by atoms with van der Waals surface area (Å²) in [7, 11) is 0. The Morgan fingerprint density at radius 3 is 2.65 bits per heavy atom. The van der Waals surface area contributed by atoms with Gasteiger partial charge in [0.05, 0.1) is 24.1 Å². The second-order valence-electron chi connectivity index (χ2n) is 5.59. The van der Waals surface area contributed by atoms with Gasteiger partial charge in [0.2, 0.25) is 5.43 Å². The SMILES string of the molecule is CCOC(=O)c1cn(Cc2ccc(Br)cc2F)c2cccc(F)c2c1=O. The van der Waals surface area contributed by atoms with E-state index in [0.717, 1.165) is 6.07 Å². The average Bonchev–Trinajstić information content (AvgIpc) is 2.59. The van der Waals surface area contributed by atoms with Crippen molar-refractivity contribution in [3.63, 3.8) is 0 Å². The molecule has 134 valence electrons. The number of rotatable bonds is 4. The number of ether oxygens (including phenoxy) is 1. The summed E-state index contributed by atoms with van der Waals surface area (Å²) < 4.78 is 35.4. The van der Waals surface area contributed by atoms with Crippen LogP contribution >= 0.6 is 15.9 Å². The fourth-order valence-corrected chi connectivity index (χ4v) is 3.05. The van der Waals surface area contributed by atoms with E-state index in [9.17, 15) is 18.4 Å². The summed E-state index contributed by atoms with van der Waals surface area (Å²) in [5.74, 6) is -2.04. The van der Waals surface area contributed by atoms with Crippen LogP contribution < -0.4 is 5.43 Å². The molecule has 7 heteroatoms. The van der Waals surface area contributed by atoms with Gasteiger partial charge in [-0.2, -0.15) is 0 Å². The third kappa shape index (κ3) is 3.39. The van der Waals surface area contributed by atoms with E-state index in [1.165, 1.54) is 22.9 Å². The van der Waals surface area contributed by atoms with Crippen LogP contribution in [-0.2, 0) is 11.3 Å². The number of aromatic nitrogens is 1. The lowest BCUT2D eigenvalue weighted by Crippen LogP contribution is -2.22. The van der Waals surface area contributed by atoms with Crippen molar-refractivity contribution < 1.29 is 18.3 Å². The number of benzene rings is 2. The molecule has 0 aliphatic heterocycles. The van der Waals surface area contributed by atoms with Crippen molar-refractivity contribution in [2.45, 2.75) is 13.5 Å². The normalized spacial score (nSPS) is 10.9. The maximum absolute atomic E-state index is 14.3. The largest absolute Gasteiger partial charge is 0.462 e. The Morgan fingerprint density at radius 2 is 1.96 bits per heavy atom. The van der Waals surface area contributed by atoms with E-state index in [1.807, 2.05) is 0 Å². The standard InChI is InChI=1S/C19H14BrF2NO3/c1-2-26-19(25)13-10-23(9-11-6-7-12(20)8-15(11)22)16-5-3-4-14(21)17(16)18(13)24/h3-8,10H,2,9H2,1H3. The molecule has 0 N–H and O–H groups in total. The molecule has 0 saturated carbocycles. The monoisotopic (exact) mass is 421 g/mol. The van der Waals surface area contributed by atoms with Crippen LogP contribution in [0.1, 0.15) is 22.8 Å². The van der Waals surface area contributed by atoms with Gasteiger partial charge >= 0.3 is 5.97 Å². The third-order valence-electron chi connectivity index (χ3n) is 3.91. The van der Waals surface area contributed by atoms with Gasteiger partial charge < -0.3 is 9.30 Å². The molecule has 0 saturated heterocycles. The van der Waals surface area contributed by atoms with E-state index >= 15 is 0 Å². The van der Waals surface area contributed by atoms with Crippen LogP contribution in [0, 0.1) is 11.6 Å². The Bertz CT molecular complexity index is 1060. The number of fused-ring (bicyclic) bond motifs is 1. The van der Waals surface area contributed by atoms with Gasteiger partial charge in [0, 0.05) is 16.2 Å². The highest BCUT2D eigenvalue weighted by molar-refractivity contribution is 9.10. The van der Waals surface area contributed by atoms with Crippen molar-refractivity contribution >= 4 is 32.8 Å². The Kier molecular flexibility index (Phi) is 5.18. The average molecular weight is 422 g/mol. The molecule has 2 aromatic carbocycles. The van der Waals surface area contributed by atoms with Gasteiger partial charge in [0.15, 0.2) is 0 Å². The predicted octanol–water partition coefficient (Wildman–Crippen LogP) is 4.27.